The van der Waals surface area contributed by atoms with Crippen LogP contribution in [0.25, 0.3) is 0 Å². The van der Waals surface area contributed by atoms with Gasteiger partial charge in [-0.1, -0.05) is 62.3 Å². The minimum absolute atomic E-state index is 0.00282. The Morgan fingerprint density at radius 2 is 1.90 bits per heavy atom. The highest BCUT2D eigenvalue weighted by Crippen LogP contribution is 2.31. The highest BCUT2D eigenvalue weighted by Gasteiger charge is 2.24. The average Bonchev–Trinajstić information content (AvgIpc) is 2.68. The molecule has 112 valence electrons. The van der Waals surface area contributed by atoms with E-state index in [1.807, 2.05) is 24.3 Å². The Labute approximate surface area is 127 Å². The van der Waals surface area contributed by atoms with E-state index >= 15 is 0 Å². The third-order valence-corrected chi connectivity index (χ3v) is 4.78. The molecule has 1 aliphatic carbocycles. The maximum atomic E-state index is 10.6. The molecule has 1 fully saturated rings. The van der Waals surface area contributed by atoms with Gasteiger partial charge in [-0.25, -0.2) is 0 Å². The molecule has 2 nitrogen and oxygen atoms in total. The molecule has 0 saturated heterocycles. The molecule has 0 radical (unpaired) electrons. The zero-order valence-electron chi connectivity index (χ0n) is 12.1. The van der Waals surface area contributed by atoms with E-state index in [1.165, 1.54) is 38.5 Å². The summed E-state index contributed by atoms with van der Waals surface area (Å²) in [4.78, 5) is 0. The molecule has 1 aliphatic rings. The first-order valence-electron chi connectivity index (χ1n) is 7.84. The van der Waals surface area contributed by atoms with Crippen LogP contribution in [-0.2, 0) is 0 Å². The molecule has 0 heterocycles. The molecule has 20 heavy (non-hydrogen) atoms. The van der Waals surface area contributed by atoms with Gasteiger partial charge in [-0.2, -0.15) is 0 Å². The monoisotopic (exact) mass is 295 g/mol. The Hall–Kier alpha value is -0.570. The van der Waals surface area contributed by atoms with Gasteiger partial charge in [0.25, 0.3) is 0 Å². The number of aliphatic hydroxyl groups is 1. The van der Waals surface area contributed by atoms with Gasteiger partial charge in [0, 0.05) is 17.5 Å². The van der Waals surface area contributed by atoms with Gasteiger partial charge in [-0.3, -0.25) is 0 Å². The van der Waals surface area contributed by atoms with Gasteiger partial charge in [0.2, 0.25) is 0 Å². The maximum Gasteiger partial charge on any atom is 0.0623 e. The third kappa shape index (κ3) is 4.47. The lowest BCUT2D eigenvalue weighted by Crippen LogP contribution is -2.28. The third-order valence-electron chi connectivity index (χ3n) is 4.54. The molecule has 0 amide bonds. The predicted octanol–water partition coefficient (Wildman–Crippen LogP) is 4.10. The number of benzene rings is 1. The Morgan fingerprint density at radius 1 is 1.20 bits per heavy atom. The van der Waals surface area contributed by atoms with Gasteiger partial charge >= 0.3 is 0 Å². The van der Waals surface area contributed by atoms with Crippen molar-refractivity contribution in [3.63, 3.8) is 0 Å². The Kier molecular flexibility index (Phi) is 6.34. The number of rotatable bonds is 5. The molecular formula is C17H26ClNO. The van der Waals surface area contributed by atoms with Gasteiger partial charge < -0.3 is 10.8 Å². The van der Waals surface area contributed by atoms with Crippen molar-refractivity contribution in [2.75, 3.05) is 6.54 Å². The smallest absolute Gasteiger partial charge is 0.0623 e. The Morgan fingerprint density at radius 3 is 2.50 bits per heavy atom. The fourth-order valence-electron chi connectivity index (χ4n) is 3.36. The largest absolute Gasteiger partial charge is 0.392 e. The molecule has 2 unspecified atom stereocenters. The molecule has 3 heteroatoms. The summed E-state index contributed by atoms with van der Waals surface area (Å²) in [5.74, 6) is 0.651. The molecule has 0 bridgehead atoms. The van der Waals surface area contributed by atoms with Crippen molar-refractivity contribution in [1.29, 1.82) is 0 Å². The maximum absolute atomic E-state index is 10.6. The van der Waals surface area contributed by atoms with Crippen molar-refractivity contribution < 1.29 is 5.11 Å². The predicted molar refractivity (Wildman–Crippen MR) is 85.1 cm³/mol. The van der Waals surface area contributed by atoms with E-state index in [4.69, 9.17) is 17.3 Å². The summed E-state index contributed by atoms with van der Waals surface area (Å²) < 4.78 is 0. The van der Waals surface area contributed by atoms with Crippen LogP contribution in [0.15, 0.2) is 24.3 Å². The molecule has 0 spiro atoms. The van der Waals surface area contributed by atoms with E-state index in [-0.39, 0.29) is 12.0 Å². The summed E-state index contributed by atoms with van der Waals surface area (Å²) in [5.41, 5.74) is 6.95. The van der Waals surface area contributed by atoms with Crippen LogP contribution < -0.4 is 5.73 Å². The zero-order valence-corrected chi connectivity index (χ0v) is 12.9. The first-order chi connectivity index (χ1) is 9.70. The number of hydrogen-bond acceptors (Lipinski definition) is 2. The second kappa shape index (κ2) is 8.02. The van der Waals surface area contributed by atoms with E-state index in [9.17, 15) is 5.11 Å². The van der Waals surface area contributed by atoms with Crippen molar-refractivity contribution in [3.8, 4) is 0 Å². The van der Waals surface area contributed by atoms with Gasteiger partial charge in [0.15, 0.2) is 0 Å². The summed E-state index contributed by atoms with van der Waals surface area (Å²) in [7, 11) is 0. The molecule has 0 aliphatic heterocycles. The lowest BCUT2D eigenvalue weighted by molar-refractivity contribution is 0.112. The summed E-state index contributed by atoms with van der Waals surface area (Å²) in [6.07, 6.45) is 8.33. The first-order valence-corrected chi connectivity index (χ1v) is 8.22. The van der Waals surface area contributed by atoms with Crippen LogP contribution >= 0.6 is 11.6 Å². The van der Waals surface area contributed by atoms with Crippen molar-refractivity contribution in [1.82, 2.24) is 0 Å². The van der Waals surface area contributed by atoms with Crippen molar-refractivity contribution in [3.05, 3.63) is 34.9 Å². The Bertz CT molecular complexity index is 402. The lowest BCUT2D eigenvalue weighted by atomic mass is 9.85. The molecule has 2 atom stereocenters. The molecule has 1 aromatic rings. The van der Waals surface area contributed by atoms with Crippen molar-refractivity contribution in [2.45, 2.75) is 57.0 Å². The SMILES string of the molecule is NCC(c1cccc(Cl)c1)C(O)CC1CCCCCC1. The number of hydrogen-bond donors (Lipinski definition) is 2. The van der Waals surface area contributed by atoms with Crippen molar-refractivity contribution in [2.24, 2.45) is 11.7 Å². The summed E-state index contributed by atoms with van der Waals surface area (Å²) in [5, 5.41) is 11.3. The molecule has 1 aromatic carbocycles. The van der Waals surface area contributed by atoms with Crippen LogP contribution in [0.4, 0.5) is 0 Å². The van der Waals surface area contributed by atoms with Crippen LogP contribution in [0, 0.1) is 5.92 Å². The second-order valence-corrected chi connectivity index (χ2v) is 6.49. The molecule has 3 N–H and O–H groups in total. The summed E-state index contributed by atoms with van der Waals surface area (Å²) >= 11 is 6.04. The van der Waals surface area contributed by atoms with Gasteiger partial charge in [0.1, 0.15) is 0 Å². The quantitative estimate of drug-likeness (QED) is 0.803. The molecule has 0 aromatic heterocycles. The minimum atomic E-state index is -0.360. The molecule has 1 saturated carbocycles. The van der Waals surface area contributed by atoms with Crippen LogP contribution in [0.2, 0.25) is 5.02 Å². The number of nitrogens with two attached hydrogens (primary N) is 1. The highest BCUT2D eigenvalue weighted by molar-refractivity contribution is 6.30. The normalized spacial score (nSPS) is 20.4. The number of aliphatic hydroxyl groups excluding tert-OH is 1. The van der Waals surface area contributed by atoms with E-state index < -0.39 is 0 Å². The van der Waals surface area contributed by atoms with E-state index in [0.29, 0.717) is 17.5 Å². The zero-order chi connectivity index (χ0) is 14.4. The minimum Gasteiger partial charge on any atom is -0.392 e. The second-order valence-electron chi connectivity index (χ2n) is 6.06. The fraction of sp³-hybridized carbons (Fsp3) is 0.647. The van der Waals surface area contributed by atoms with E-state index in [2.05, 4.69) is 0 Å². The standard InChI is InChI=1S/C17H26ClNO/c18-15-9-5-8-14(11-15)16(12-19)17(20)10-13-6-3-1-2-4-7-13/h5,8-9,11,13,16-17,20H,1-4,6-7,10,12,19H2. The van der Waals surface area contributed by atoms with Gasteiger partial charge in [-0.15, -0.1) is 0 Å². The van der Waals surface area contributed by atoms with Crippen molar-refractivity contribution >= 4 is 11.6 Å². The Balaban J connectivity index is 1.99. The first kappa shape index (κ1) is 15.8. The molecule has 2 rings (SSSR count). The van der Waals surface area contributed by atoms with Crippen LogP contribution in [-0.4, -0.2) is 17.8 Å². The molecular weight excluding hydrogens is 270 g/mol. The van der Waals surface area contributed by atoms with Gasteiger partial charge in [-0.05, 0) is 30.0 Å². The average molecular weight is 296 g/mol. The fourth-order valence-corrected chi connectivity index (χ4v) is 3.56. The highest BCUT2D eigenvalue weighted by atomic mass is 35.5. The summed E-state index contributed by atoms with van der Waals surface area (Å²) in [6, 6.07) is 7.73. The number of halogens is 1. The van der Waals surface area contributed by atoms with Crippen LogP contribution in [0.5, 0.6) is 0 Å². The van der Waals surface area contributed by atoms with Crippen LogP contribution in [0.1, 0.15) is 56.4 Å². The van der Waals surface area contributed by atoms with Crippen LogP contribution in [0.3, 0.4) is 0 Å². The van der Waals surface area contributed by atoms with E-state index in [1.54, 1.807) is 0 Å². The van der Waals surface area contributed by atoms with E-state index in [0.717, 1.165) is 12.0 Å². The van der Waals surface area contributed by atoms with Gasteiger partial charge in [0.05, 0.1) is 6.10 Å². The lowest BCUT2D eigenvalue weighted by Gasteiger charge is -2.26. The topological polar surface area (TPSA) is 46.2 Å². The summed E-state index contributed by atoms with van der Waals surface area (Å²) in [6.45, 7) is 0.466.